The first-order valence-electron chi connectivity index (χ1n) is 8.52. The maximum Gasteiger partial charge on any atom is 0.407 e. The van der Waals surface area contributed by atoms with Gasteiger partial charge in [0, 0.05) is 6.61 Å². The van der Waals surface area contributed by atoms with Crippen LogP contribution in [0.5, 0.6) is 0 Å². The minimum absolute atomic E-state index is 0.0842. The van der Waals surface area contributed by atoms with Crippen LogP contribution in [0.2, 0.25) is 0 Å². The number of amides is 1. The van der Waals surface area contributed by atoms with Crippen LogP contribution in [0.3, 0.4) is 0 Å². The summed E-state index contributed by atoms with van der Waals surface area (Å²) < 4.78 is 16.7. The largest absolute Gasteiger partial charge is 0.442 e. The molecule has 1 N–H and O–H groups in total. The predicted molar refractivity (Wildman–Crippen MR) is 94.0 cm³/mol. The molecule has 1 fully saturated rings. The molecule has 1 aliphatic heterocycles. The molecule has 1 heterocycles. The molecule has 3 rings (SSSR count). The second kappa shape index (κ2) is 9.20. The highest BCUT2D eigenvalue weighted by Gasteiger charge is 2.33. The monoisotopic (exact) mass is 341 g/mol. The minimum atomic E-state index is -0.388. The van der Waals surface area contributed by atoms with Crippen molar-refractivity contribution in [3.8, 4) is 0 Å². The van der Waals surface area contributed by atoms with E-state index >= 15 is 0 Å². The summed E-state index contributed by atoms with van der Waals surface area (Å²) in [5.74, 6) is 0. The molecule has 2 atom stereocenters. The highest BCUT2D eigenvalue weighted by atomic mass is 16.6. The Labute approximate surface area is 147 Å². The van der Waals surface area contributed by atoms with Crippen LogP contribution in [0.25, 0.3) is 0 Å². The van der Waals surface area contributed by atoms with Gasteiger partial charge in [-0.15, -0.1) is 0 Å². The van der Waals surface area contributed by atoms with Gasteiger partial charge in [-0.25, -0.2) is 4.79 Å². The van der Waals surface area contributed by atoms with Crippen molar-refractivity contribution in [2.45, 2.75) is 31.8 Å². The smallest absolute Gasteiger partial charge is 0.407 e. The summed E-state index contributed by atoms with van der Waals surface area (Å²) >= 11 is 0. The van der Waals surface area contributed by atoms with Gasteiger partial charge < -0.3 is 19.5 Å². The van der Waals surface area contributed by atoms with Gasteiger partial charge in [0.1, 0.15) is 6.10 Å². The lowest BCUT2D eigenvalue weighted by Gasteiger charge is -2.17. The fourth-order valence-corrected chi connectivity index (χ4v) is 2.75. The molecule has 0 aliphatic carbocycles. The standard InChI is InChI=1S/C20H23NO4/c22-20-21-18(11-12-23-13-16-7-3-1-4-8-16)19(25-20)15-24-14-17-9-5-2-6-10-17/h1-10,18-19H,11-15H2,(H,21,22). The number of cyclic esters (lactones) is 1. The summed E-state index contributed by atoms with van der Waals surface area (Å²) in [6.45, 7) is 2.00. The third kappa shape index (κ3) is 5.59. The molecule has 132 valence electrons. The van der Waals surface area contributed by atoms with Crippen molar-refractivity contribution in [1.29, 1.82) is 0 Å². The van der Waals surface area contributed by atoms with Gasteiger partial charge in [-0.1, -0.05) is 60.7 Å². The SMILES string of the molecule is O=C1NC(CCOCc2ccccc2)C(COCc2ccccc2)O1. The topological polar surface area (TPSA) is 56.8 Å². The molecule has 2 aromatic carbocycles. The number of hydrogen-bond donors (Lipinski definition) is 1. The zero-order chi connectivity index (χ0) is 17.3. The molecule has 5 heteroatoms. The molecule has 1 saturated heterocycles. The number of carbonyl (C=O) groups excluding carboxylic acids is 1. The van der Waals surface area contributed by atoms with Crippen molar-refractivity contribution in [3.63, 3.8) is 0 Å². The van der Waals surface area contributed by atoms with Crippen LogP contribution < -0.4 is 5.32 Å². The van der Waals surface area contributed by atoms with Crippen molar-refractivity contribution in [2.75, 3.05) is 13.2 Å². The van der Waals surface area contributed by atoms with Gasteiger partial charge >= 0.3 is 6.09 Å². The summed E-state index contributed by atoms with van der Waals surface area (Å²) in [6.07, 6.45) is 0.0238. The Kier molecular flexibility index (Phi) is 6.42. The molecular weight excluding hydrogens is 318 g/mol. The molecule has 0 radical (unpaired) electrons. The fourth-order valence-electron chi connectivity index (χ4n) is 2.75. The first-order chi connectivity index (χ1) is 12.3. The Morgan fingerprint density at radius 3 is 2.12 bits per heavy atom. The molecule has 0 saturated carbocycles. The molecule has 1 aliphatic rings. The molecule has 2 aromatic rings. The van der Waals surface area contributed by atoms with Gasteiger partial charge in [0.05, 0.1) is 25.9 Å². The van der Waals surface area contributed by atoms with Crippen LogP contribution >= 0.6 is 0 Å². The van der Waals surface area contributed by atoms with E-state index in [1.165, 1.54) is 0 Å². The predicted octanol–water partition coefficient (Wildman–Crippen LogP) is 3.29. The lowest BCUT2D eigenvalue weighted by Crippen LogP contribution is -2.35. The molecule has 25 heavy (non-hydrogen) atoms. The average Bonchev–Trinajstić information content (AvgIpc) is 3.00. The Balaban J connectivity index is 1.38. The van der Waals surface area contributed by atoms with E-state index in [4.69, 9.17) is 14.2 Å². The van der Waals surface area contributed by atoms with Crippen LogP contribution in [-0.4, -0.2) is 31.5 Å². The van der Waals surface area contributed by atoms with Crippen molar-refractivity contribution < 1.29 is 19.0 Å². The summed E-state index contributed by atoms with van der Waals surface area (Å²) in [5.41, 5.74) is 2.24. The van der Waals surface area contributed by atoms with Crippen molar-refractivity contribution in [2.24, 2.45) is 0 Å². The van der Waals surface area contributed by atoms with E-state index in [-0.39, 0.29) is 18.2 Å². The third-order valence-corrected chi connectivity index (χ3v) is 4.09. The molecule has 1 amide bonds. The Morgan fingerprint density at radius 1 is 0.880 bits per heavy atom. The number of rotatable bonds is 9. The van der Waals surface area contributed by atoms with Crippen molar-refractivity contribution in [3.05, 3.63) is 71.8 Å². The highest BCUT2D eigenvalue weighted by molar-refractivity contribution is 5.70. The molecular formula is C20H23NO4. The van der Waals surface area contributed by atoms with Gasteiger partial charge in [-0.05, 0) is 17.5 Å². The number of ether oxygens (including phenoxy) is 3. The van der Waals surface area contributed by atoms with Crippen molar-refractivity contribution >= 4 is 6.09 Å². The Bertz CT molecular complexity index is 647. The zero-order valence-electron chi connectivity index (χ0n) is 14.1. The summed E-state index contributed by atoms with van der Waals surface area (Å²) in [5, 5.41) is 2.83. The lowest BCUT2D eigenvalue weighted by atomic mass is 10.1. The maximum atomic E-state index is 11.5. The van der Waals surface area contributed by atoms with Crippen LogP contribution in [0.1, 0.15) is 17.5 Å². The Morgan fingerprint density at radius 2 is 1.48 bits per heavy atom. The molecule has 0 aromatic heterocycles. The van der Waals surface area contributed by atoms with Gasteiger partial charge in [-0.2, -0.15) is 0 Å². The van der Waals surface area contributed by atoms with Gasteiger partial charge in [0.25, 0.3) is 0 Å². The number of nitrogens with one attached hydrogen (secondary N) is 1. The van der Waals surface area contributed by atoms with Crippen molar-refractivity contribution in [1.82, 2.24) is 5.32 Å². The average molecular weight is 341 g/mol. The first-order valence-corrected chi connectivity index (χ1v) is 8.52. The second-order valence-electron chi connectivity index (χ2n) is 6.02. The zero-order valence-corrected chi connectivity index (χ0v) is 14.1. The first kappa shape index (κ1) is 17.5. The quantitative estimate of drug-likeness (QED) is 0.711. The molecule has 0 bridgehead atoms. The summed E-state index contributed by atoms with van der Waals surface area (Å²) in [7, 11) is 0. The fraction of sp³-hybridized carbons (Fsp3) is 0.350. The maximum absolute atomic E-state index is 11.5. The molecule has 5 nitrogen and oxygen atoms in total. The Hall–Kier alpha value is -2.37. The number of alkyl carbamates (subject to hydrolysis) is 1. The van der Waals surface area contributed by atoms with Crippen LogP contribution in [-0.2, 0) is 27.4 Å². The van der Waals surface area contributed by atoms with Crippen LogP contribution in [0, 0.1) is 0 Å². The highest BCUT2D eigenvalue weighted by Crippen LogP contribution is 2.14. The van der Waals surface area contributed by atoms with E-state index in [1.807, 2.05) is 60.7 Å². The van der Waals surface area contributed by atoms with Crippen LogP contribution in [0.4, 0.5) is 4.79 Å². The normalized spacial score (nSPS) is 19.4. The van der Waals surface area contributed by atoms with E-state index in [1.54, 1.807) is 0 Å². The number of carbonyl (C=O) groups is 1. The van der Waals surface area contributed by atoms with Gasteiger partial charge in [0.2, 0.25) is 0 Å². The second-order valence-corrected chi connectivity index (χ2v) is 6.02. The van der Waals surface area contributed by atoms with Gasteiger partial charge in [0.15, 0.2) is 0 Å². The van der Waals surface area contributed by atoms with E-state index in [0.717, 1.165) is 11.1 Å². The van der Waals surface area contributed by atoms with Gasteiger partial charge in [-0.3, -0.25) is 0 Å². The summed E-state index contributed by atoms with van der Waals surface area (Å²) in [4.78, 5) is 11.5. The third-order valence-electron chi connectivity index (χ3n) is 4.09. The van der Waals surface area contributed by atoms with E-state index in [0.29, 0.717) is 32.8 Å². The number of hydrogen-bond acceptors (Lipinski definition) is 4. The molecule has 0 spiro atoms. The van der Waals surface area contributed by atoms with E-state index < -0.39 is 0 Å². The van der Waals surface area contributed by atoms with E-state index in [9.17, 15) is 4.79 Å². The summed E-state index contributed by atoms with van der Waals surface area (Å²) in [6, 6.07) is 19.9. The lowest BCUT2D eigenvalue weighted by molar-refractivity contribution is 0.0211. The van der Waals surface area contributed by atoms with Crippen LogP contribution in [0.15, 0.2) is 60.7 Å². The minimum Gasteiger partial charge on any atom is -0.442 e. The number of benzene rings is 2. The molecule has 2 unspecified atom stereocenters. The van der Waals surface area contributed by atoms with E-state index in [2.05, 4.69) is 5.32 Å².